The molecule has 0 saturated carbocycles. The van der Waals surface area contributed by atoms with Crippen LogP contribution in [0, 0.1) is 5.92 Å². The minimum Gasteiger partial charge on any atom is -0.395 e. The number of fused-ring (bicyclic) bond motifs is 1. The van der Waals surface area contributed by atoms with Crippen LogP contribution in [0.25, 0.3) is 10.2 Å². The van der Waals surface area contributed by atoms with E-state index in [1.807, 2.05) is 19.1 Å². The Balaban J connectivity index is 2.07. The highest BCUT2D eigenvalue weighted by Gasteiger charge is 2.15. The predicted molar refractivity (Wildman–Crippen MR) is 85.0 cm³/mol. The van der Waals surface area contributed by atoms with Crippen LogP contribution in [0.4, 0.5) is 11.4 Å². The number of nitrogens with one attached hydrogen (secondary N) is 2. The van der Waals surface area contributed by atoms with E-state index in [-0.39, 0.29) is 11.9 Å². The summed E-state index contributed by atoms with van der Waals surface area (Å²) in [6.07, 6.45) is 0. The topological polar surface area (TPSA) is 80.0 Å². The third-order valence-corrected chi connectivity index (χ3v) is 3.79. The number of nitrogens with two attached hydrogens (primary N) is 1. The molecule has 0 spiro atoms. The second kappa shape index (κ2) is 6.09. The van der Waals surface area contributed by atoms with Crippen molar-refractivity contribution < 1.29 is 4.79 Å². The molecule has 1 amide bonds. The number of thiazole rings is 1. The van der Waals surface area contributed by atoms with Gasteiger partial charge in [-0.15, -0.1) is 11.3 Å². The monoisotopic (exact) mass is 292 g/mol. The molecule has 6 heteroatoms. The molecular weight excluding hydrogens is 272 g/mol. The lowest BCUT2D eigenvalue weighted by molar-refractivity contribution is -0.121. The number of nitrogen functional groups attached to an aromatic ring is 1. The first-order chi connectivity index (χ1) is 9.49. The van der Waals surface area contributed by atoms with Crippen molar-refractivity contribution in [2.75, 3.05) is 17.6 Å². The highest BCUT2D eigenvalue weighted by molar-refractivity contribution is 7.16. The van der Waals surface area contributed by atoms with E-state index < -0.39 is 0 Å². The molecule has 1 aromatic heterocycles. The van der Waals surface area contributed by atoms with Gasteiger partial charge in [0, 0.05) is 6.54 Å². The normalized spacial score (nSPS) is 12.6. The molecule has 5 nitrogen and oxygen atoms in total. The summed E-state index contributed by atoms with van der Waals surface area (Å²) in [5, 5.41) is 6.04. The molecule has 0 radical (unpaired) electrons. The van der Waals surface area contributed by atoms with E-state index >= 15 is 0 Å². The number of rotatable bonds is 5. The molecule has 1 atom stereocenters. The summed E-state index contributed by atoms with van der Waals surface area (Å²) in [7, 11) is 0. The van der Waals surface area contributed by atoms with E-state index in [0.29, 0.717) is 18.2 Å². The molecule has 0 bridgehead atoms. The van der Waals surface area contributed by atoms with Crippen molar-refractivity contribution >= 4 is 38.8 Å². The van der Waals surface area contributed by atoms with E-state index in [4.69, 9.17) is 5.73 Å². The van der Waals surface area contributed by atoms with Gasteiger partial charge in [-0.3, -0.25) is 4.79 Å². The van der Waals surface area contributed by atoms with Gasteiger partial charge in [-0.25, -0.2) is 4.98 Å². The number of hydrogen-bond acceptors (Lipinski definition) is 5. The molecule has 1 aromatic carbocycles. The van der Waals surface area contributed by atoms with E-state index in [1.165, 1.54) is 0 Å². The van der Waals surface area contributed by atoms with Gasteiger partial charge in [-0.1, -0.05) is 13.8 Å². The first-order valence-corrected chi connectivity index (χ1v) is 7.53. The van der Waals surface area contributed by atoms with Gasteiger partial charge in [0.15, 0.2) is 0 Å². The van der Waals surface area contributed by atoms with Gasteiger partial charge in [0.2, 0.25) is 5.91 Å². The molecule has 0 aliphatic rings. The predicted octanol–water partition coefficient (Wildman–Crippen LogP) is 2.45. The third-order valence-electron chi connectivity index (χ3n) is 2.99. The van der Waals surface area contributed by atoms with Crippen LogP contribution in [0.1, 0.15) is 20.8 Å². The minimum absolute atomic E-state index is 0.0310. The quantitative estimate of drug-likeness (QED) is 0.740. The maximum absolute atomic E-state index is 11.9. The fourth-order valence-corrected chi connectivity index (χ4v) is 2.53. The summed E-state index contributed by atoms with van der Waals surface area (Å²) in [6.45, 7) is 6.62. The first-order valence-electron chi connectivity index (χ1n) is 6.65. The van der Waals surface area contributed by atoms with Crippen molar-refractivity contribution in [2.24, 2.45) is 5.92 Å². The lowest BCUT2D eigenvalue weighted by Crippen LogP contribution is -2.39. The van der Waals surface area contributed by atoms with Gasteiger partial charge in [-0.05, 0) is 25.0 Å². The summed E-state index contributed by atoms with van der Waals surface area (Å²) in [5.41, 5.74) is 9.97. The highest BCUT2D eigenvalue weighted by Crippen LogP contribution is 2.30. The largest absolute Gasteiger partial charge is 0.395 e. The smallest absolute Gasteiger partial charge is 0.242 e. The zero-order valence-electron chi connectivity index (χ0n) is 11.9. The summed E-state index contributed by atoms with van der Waals surface area (Å²) < 4.78 is 1.05. The molecule has 1 heterocycles. The number of amides is 1. The summed E-state index contributed by atoms with van der Waals surface area (Å²) >= 11 is 1.55. The van der Waals surface area contributed by atoms with Crippen LogP contribution in [-0.2, 0) is 4.79 Å². The van der Waals surface area contributed by atoms with E-state index in [0.717, 1.165) is 15.9 Å². The Labute approximate surface area is 122 Å². The number of benzene rings is 1. The van der Waals surface area contributed by atoms with Crippen LogP contribution in [-0.4, -0.2) is 23.5 Å². The first kappa shape index (κ1) is 14.6. The van der Waals surface area contributed by atoms with Crippen molar-refractivity contribution in [3.05, 3.63) is 17.6 Å². The number of nitrogens with zero attached hydrogens (tertiary/aromatic N) is 1. The Morgan fingerprint density at radius 1 is 1.40 bits per heavy atom. The molecular formula is C14H20N4OS. The van der Waals surface area contributed by atoms with Crippen LogP contribution in [0.2, 0.25) is 0 Å². The van der Waals surface area contributed by atoms with Crippen molar-refractivity contribution in [2.45, 2.75) is 26.8 Å². The minimum atomic E-state index is -0.341. The highest BCUT2D eigenvalue weighted by atomic mass is 32.1. The standard InChI is InChI=1S/C14H20N4OS/c1-8(2)6-16-14(19)9(3)18-10-4-5-11-13(12(10)15)17-7-20-11/h4-5,7-9,18H,6,15H2,1-3H3,(H,16,19). The number of carbonyl (C=O) groups is 1. The Morgan fingerprint density at radius 2 is 2.15 bits per heavy atom. The maximum atomic E-state index is 11.9. The van der Waals surface area contributed by atoms with Crippen LogP contribution in [0.5, 0.6) is 0 Å². The number of carbonyl (C=O) groups excluding carboxylic acids is 1. The van der Waals surface area contributed by atoms with E-state index in [9.17, 15) is 4.79 Å². The van der Waals surface area contributed by atoms with Crippen molar-refractivity contribution in [3.63, 3.8) is 0 Å². The molecule has 0 fully saturated rings. The molecule has 0 aliphatic carbocycles. The lowest BCUT2D eigenvalue weighted by Gasteiger charge is -2.17. The fourth-order valence-electron chi connectivity index (χ4n) is 1.83. The van der Waals surface area contributed by atoms with Gasteiger partial charge in [0.1, 0.15) is 11.6 Å². The number of aromatic nitrogens is 1. The van der Waals surface area contributed by atoms with Crippen molar-refractivity contribution in [1.82, 2.24) is 10.3 Å². The molecule has 2 rings (SSSR count). The van der Waals surface area contributed by atoms with E-state index in [2.05, 4.69) is 29.5 Å². The zero-order chi connectivity index (χ0) is 14.7. The zero-order valence-corrected chi connectivity index (χ0v) is 12.8. The van der Waals surface area contributed by atoms with Gasteiger partial charge < -0.3 is 16.4 Å². The summed E-state index contributed by atoms with van der Waals surface area (Å²) in [4.78, 5) is 16.2. The maximum Gasteiger partial charge on any atom is 0.242 e. The van der Waals surface area contributed by atoms with Crippen molar-refractivity contribution in [1.29, 1.82) is 0 Å². The molecule has 1 unspecified atom stereocenters. The van der Waals surface area contributed by atoms with Crippen molar-refractivity contribution in [3.8, 4) is 0 Å². The molecule has 4 N–H and O–H groups in total. The Morgan fingerprint density at radius 3 is 2.85 bits per heavy atom. The Hall–Kier alpha value is -1.82. The molecule has 20 heavy (non-hydrogen) atoms. The van der Waals surface area contributed by atoms with Crippen LogP contribution in [0.15, 0.2) is 17.6 Å². The average Bonchev–Trinajstić information content (AvgIpc) is 2.88. The second-order valence-corrected chi connectivity index (χ2v) is 6.12. The van der Waals surface area contributed by atoms with Crippen LogP contribution in [0.3, 0.4) is 0 Å². The van der Waals surface area contributed by atoms with Gasteiger partial charge >= 0.3 is 0 Å². The molecule has 0 saturated heterocycles. The van der Waals surface area contributed by atoms with Gasteiger partial charge in [0.25, 0.3) is 0 Å². The SMILES string of the molecule is CC(C)CNC(=O)C(C)Nc1ccc2scnc2c1N. The molecule has 2 aromatic rings. The fraction of sp³-hybridized carbons (Fsp3) is 0.429. The van der Waals surface area contributed by atoms with Gasteiger partial charge in [-0.2, -0.15) is 0 Å². The van der Waals surface area contributed by atoms with Crippen LogP contribution < -0.4 is 16.4 Å². The average molecular weight is 292 g/mol. The van der Waals surface area contributed by atoms with E-state index in [1.54, 1.807) is 16.8 Å². The Bertz CT molecular complexity index is 608. The van der Waals surface area contributed by atoms with Crippen LogP contribution >= 0.6 is 11.3 Å². The Kier molecular flexibility index (Phi) is 4.44. The summed E-state index contributed by atoms with van der Waals surface area (Å²) in [6, 6.07) is 3.51. The summed E-state index contributed by atoms with van der Waals surface area (Å²) in [5.74, 6) is 0.402. The second-order valence-electron chi connectivity index (χ2n) is 5.23. The van der Waals surface area contributed by atoms with Gasteiger partial charge in [0.05, 0.1) is 21.6 Å². The number of anilines is 2. The molecule has 0 aliphatic heterocycles. The third kappa shape index (κ3) is 3.19. The molecule has 108 valence electrons. The lowest BCUT2D eigenvalue weighted by atomic mass is 10.2. The number of hydrogen-bond donors (Lipinski definition) is 3.